The van der Waals surface area contributed by atoms with Crippen molar-refractivity contribution in [3.8, 4) is 6.07 Å². The van der Waals surface area contributed by atoms with Crippen molar-refractivity contribution in [1.82, 2.24) is 0 Å². The molecule has 1 aliphatic heterocycles. The molecule has 1 amide bonds. The second-order valence-electron chi connectivity index (χ2n) is 5.97. The van der Waals surface area contributed by atoms with Gasteiger partial charge in [0.05, 0.1) is 17.8 Å². The van der Waals surface area contributed by atoms with Crippen LogP contribution in [0, 0.1) is 11.3 Å². The van der Waals surface area contributed by atoms with E-state index in [1.807, 2.05) is 13.0 Å². The van der Waals surface area contributed by atoms with E-state index in [0.717, 1.165) is 19.5 Å². The van der Waals surface area contributed by atoms with E-state index in [4.69, 9.17) is 5.26 Å². The van der Waals surface area contributed by atoms with E-state index >= 15 is 0 Å². The number of rotatable bonds is 3. The number of nitrogens with one attached hydrogen (secondary N) is 2. The minimum atomic E-state index is -0.157. The average Bonchev–Trinajstić information content (AvgIpc) is 2.61. The molecular weight excluding hydrogens is 286 g/mol. The fraction of sp³-hybridized carbons (Fsp3) is 0.263. The third-order valence-electron chi connectivity index (χ3n) is 4.56. The van der Waals surface area contributed by atoms with Gasteiger partial charge in [-0.3, -0.25) is 4.79 Å². The summed E-state index contributed by atoms with van der Waals surface area (Å²) in [5, 5.41) is 12.0. The van der Waals surface area contributed by atoms with Crippen LogP contribution in [0.3, 0.4) is 0 Å². The van der Waals surface area contributed by atoms with Crippen molar-refractivity contribution in [2.75, 3.05) is 11.9 Å². The van der Waals surface area contributed by atoms with Crippen molar-refractivity contribution < 1.29 is 9.69 Å². The van der Waals surface area contributed by atoms with Crippen LogP contribution in [0.1, 0.15) is 23.6 Å². The number of carbonyl (C=O) groups excluding carboxylic acids is 1. The first kappa shape index (κ1) is 15.3. The Hall–Kier alpha value is -2.64. The van der Waals surface area contributed by atoms with Gasteiger partial charge in [-0.05, 0) is 24.6 Å². The van der Waals surface area contributed by atoms with E-state index in [-0.39, 0.29) is 11.9 Å². The maximum atomic E-state index is 12.6. The molecule has 0 fully saturated rings. The molecule has 0 spiro atoms. The maximum Gasteiger partial charge on any atom is 0.282 e. The summed E-state index contributed by atoms with van der Waals surface area (Å²) in [6.45, 7) is 3.77. The highest BCUT2D eigenvalue weighted by Gasteiger charge is 2.29. The number of amides is 1. The van der Waals surface area contributed by atoms with Crippen molar-refractivity contribution in [2.24, 2.45) is 0 Å². The standard InChI is InChI=1S/C19H19N3O/c1-14(19(23)21-18-9-5-4-7-16(18)12-20)22-11-10-15-6-2-3-8-17(15)13-22/h2-9,14H,10-11,13H2,1H3,(H,21,23)/p+1/t14-/m0/s1. The Bertz CT molecular complexity index is 763. The molecule has 0 aliphatic carbocycles. The molecule has 1 heterocycles. The Morgan fingerprint density at radius 2 is 1.87 bits per heavy atom. The van der Waals surface area contributed by atoms with Crippen molar-refractivity contribution in [1.29, 1.82) is 5.26 Å². The normalized spacial score (nSPS) is 17.7. The highest BCUT2D eigenvalue weighted by Crippen LogP contribution is 2.14. The summed E-state index contributed by atoms with van der Waals surface area (Å²) < 4.78 is 0. The molecule has 2 aromatic rings. The first-order chi connectivity index (χ1) is 11.2. The van der Waals surface area contributed by atoms with E-state index in [0.29, 0.717) is 11.3 Å². The van der Waals surface area contributed by atoms with Gasteiger partial charge in [-0.25, -0.2) is 0 Å². The summed E-state index contributed by atoms with van der Waals surface area (Å²) in [5.41, 5.74) is 3.79. The fourth-order valence-corrected chi connectivity index (χ4v) is 3.09. The van der Waals surface area contributed by atoms with Gasteiger partial charge in [0, 0.05) is 12.0 Å². The average molecular weight is 306 g/mol. The number of hydrogen-bond acceptors (Lipinski definition) is 2. The molecule has 0 radical (unpaired) electrons. The van der Waals surface area contributed by atoms with Gasteiger partial charge in [0.2, 0.25) is 0 Å². The maximum absolute atomic E-state index is 12.6. The van der Waals surface area contributed by atoms with Gasteiger partial charge >= 0.3 is 0 Å². The molecule has 0 saturated carbocycles. The lowest BCUT2D eigenvalue weighted by Crippen LogP contribution is -3.16. The predicted molar refractivity (Wildman–Crippen MR) is 88.9 cm³/mol. The van der Waals surface area contributed by atoms with Crippen LogP contribution in [0.25, 0.3) is 0 Å². The Balaban J connectivity index is 1.70. The number of hydrogen-bond donors (Lipinski definition) is 2. The van der Waals surface area contributed by atoms with Crippen LogP contribution < -0.4 is 10.2 Å². The summed E-state index contributed by atoms with van der Waals surface area (Å²) in [4.78, 5) is 13.8. The van der Waals surface area contributed by atoms with Crippen LogP contribution in [-0.2, 0) is 17.8 Å². The van der Waals surface area contributed by atoms with Gasteiger partial charge in [-0.1, -0.05) is 36.4 Å². The highest BCUT2D eigenvalue weighted by molar-refractivity contribution is 5.94. The molecule has 2 aromatic carbocycles. The van der Waals surface area contributed by atoms with Gasteiger partial charge in [-0.2, -0.15) is 5.26 Å². The second-order valence-corrected chi connectivity index (χ2v) is 5.97. The lowest BCUT2D eigenvalue weighted by molar-refractivity contribution is -0.929. The molecule has 23 heavy (non-hydrogen) atoms. The molecule has 1 unspecified atom stereocenters. The monoisotopic (exact) mass is 306 g/mol. The summed E-state index contributed by atoms with van der Waals surface area (Å²) in [6.07, 6.45) is 0.998. The number of nitrogens with zero attached hydrogens (tertiary/aromatic N) is 1. The molecule has 2 N–H and O–H groups in total. The van der Waals surface area contributed by atoms with Crippen molar-refractivity contribution in [3.63, 3.8) is 0 Å². The van der Waals surface area contributed by atoms with E-state index in [2.05, 4.69) is 35.7 Å². The van der Waals surface area contributed by atoms with Gasteiger partial charge in [0.15, 0.2) is 6.04 Å². The first-order valence-electron chi connectivity index (χ1n) is 7.90. The molecule has 0 aromatic heterocycles. The summed E-state index contributed by atoms with van der Waals surface area (Å²) >= 11 is 0. The van der Waals surface area contributed by atoms with Crippen molar-refractivity contribution >= 4 is 11.6 Å². The lowest BCUT2D eigenvalue weighted by atomic mass is 9.98. The zero-order valence-corrected chi connectivity index (χ0v) is 13.2. The van der Waals surface area contributed by atoms with Crippen molar-refractivity contribution in [3.05, 3.63) is 65.2 Å². The second kappa shape index (κ2) is 6.64. The molecule has 0 saturated heterocycles. The van der Waals surface area contributed by atoms with E-state index in [9.17, 15) is 4.79 Å². The van der Waals surface area contributed by atoms with Crippen LogP contribution in [-0.4, -0.2) is 18.5 Å². The minimum Gasteiger partial charge on any atom is -0.321 e. The number of fused-ring (bicyclic) bond motifs is 1. The molecule has 4 nitrogen and oxygen atoms in total. The number of benzene rings is 2. The summed E-state index contributed by atoms with van der Waals surface area (Å²) in [6, 6.07) is 17.5. The van der Waals surface area contributed by atoms with E-state index in [1.165, 1.54) is 16.0 Å². The smallest absolute Gasteiger partial charge is 0.282 e. The quantitative estimate of drug-likeness (QED) is 0.903. The number of anilines is 1. The van der Waals surface area contributed by atoms with Crippen LogP contribution >= 0.6 is 0 Å². The Morgan fingerprint density at radius 3 is 2.65 bits per heavy atom. The number of carbonyl (C=O) groups is 1. The topological polar surface area (TPSA) is 57.3 Å². The predicted octanol–water partition coefficient (Wildman–Crippen LogP) is 1.53. The zero-order chi connectivity index (χ0) is 16.2. The lowest BCUT2D eigenvalue weighted by Gasteiger charge is -2.30. The molecule has 0 bridgehead atoms. The number of nitriles is 1. The first-order valence-corrected chi connectivity index (χ1v) is 7.90. The fourth-order valence-electron chi connectivity index (χ4n) is 3.09. The number of para-hydroxylation sites is 1. The van der Waals surface area contributed by atoms with Crippen LogP contribution in [0.4, 0.5) is 5.69 Å². The van der Waals surface area contributed by atoms with Gasteiger partial charge < -0.3 is 10.2 Å². The van der Waals surface area contributed by atoms with Crippen LogP contribution in [0.2, 0.25) is 0 Å². The SMILES string of the molecule is C[C@@H](C(=O)Nc1ccccc1C#N)[NH+]1CCc2ccccc2C1. The molecule has 3 rings (SSSR count). The van der Waals surface area contributed by atoms with Crippen molar-refractivity contribution in [2.45, 2.75) is 25.9 Å². The zero-order valence-electron chi connectivity index (χ0n) is 13.2. The minimum absolute atomic E-state index is 0.0397. The van der Waals surface area contributed by atoms with Crippen LogP contribution in [0.5, 0.6) is 0 Å². The third kappa shape index (κ3) is 3.25. The third-order valence-corrected chi connectivity index (χ3v) is 4.56. The van der Waals surface area contributed by atoms with E-state index in [1.54, 1.807) is 18.2 Å². The molecule has 116 valence electrons. The highest BCUT2D eigenvalue weighted by atomic mass is 16.2. The summed E-state index contributed by atoms with van der Waals surface area (Å²) in [5.74, 6) is -0.0397. The van der Waals surface area contributed by atoms with Gasteiger partial charge in [0.1, 0.15) is 12.6 Å². The van der Waals surface area contributed by atoms with E-state index < -0.39 is 0 Å². The molecule has 1 aliphatic rings. The summed E-state index contributed by atoms with van der Waals surface area (Å²) in [7, 11) is 0. The van der Waals surface area contributed by atoms with Gasteiger partial charge in [0.25, 0.3) is 5.91 Å². The Morgan fingerprint density at radius 1 is 1.17 bits per heavy atom. The van der Waals surface area contributed by atoms with Gasteiger partial charge in [-0.15, -0.1) is 0 Å². The van der Waals surface area contributed by atoms with Crippen LogP contribution in [0.15, 0.2) is 48.5 Å². The Kier molecular flexibility index (Phi) is 4.40. The molecule has 2 atom stereocenters. The Labute approximate surface area is 136 Å². The molecule has 4 heteroatoms. The largest absolute Gasteiger partial charge is 0.321 e. The number of quaternary nitrogens is 1. The molecular formula is C19H20N3O+.